The Morgan fingerprint density at radius 1 is 1.05 bits per heavy atom. The van der Waals surface area contributed by atoms with Crippen LogP contribution in [0.1, 0.15) is 78.1 Å². The number of carbonyl (C=O) groups is 1. The lowest BCUT2D eigenvalue weighted by Crippen LogP contribution is -2.69. The number of cyclic esters (lactones) is 1. The van der Waals surface area contributed by atoms with Gasteiger partial charge in [0.2, 0.25) is 0 Å². The van der Waals surface area contributed by atoms with Gasteiger partial charge in [-0.15, -0.1) is 0 Å². The molecule has 0 unspecified atom stereocenters. The van der Waals surface area contributed by atoms with E-state index in [1.807, 2.05) is 0 Å². The fraction of sp³-hybridized carbons (Fsp3) is 0.897. The number of aliphatic hydroxyl groups is 5. The van der Waals surface area contributed by atoms with E-state index >= 15 is 0 Å². The lowest BCUT2D eigenvalue weighted by atomic mass is 9.41. The molecule has 12 atom stereocenters. The molecule has 5 fully saturated rings. The van der Waals surface area contributed by atoms with Crippen LogP contribution in [0.15, 0.2) is 11.6 Å². The van der Waals surface area contributed by atoms with Gasteiger partial charge < -0.3 is 39.7 Å². The van der Waals surface area contributed by atoms with Crippen molar-refractivity contribution < 1.29 is 44.5 Å². The summed E-state index contributed by atoms with van der Waals surface area (Å²) in [5.74, 6) is -0.245. The van der Waals surface area contributed by atoms with Crippen LogP contribution in [0.5, 0.6) is 0 Å². The largest absolute Gasteiger partial charge is 0.458 e. The number of fused-ring (bicyclic) bond motifs is 5. The Labute approximate surface area is 224 Å². The fourth-order valence-corrected chi connectivity index (χ4v) is 9.94. The first-order valence-electron chi connectivity index (χ1n) is 14.6. The van der Waals surface area contributed by atoms with E-state index in [0.29, 0.717) is 45.1 Å². The Morgan fingerprint density at radius 2 is 1.82 bits per heavy atom. The van der Waals surface area contributed by atoms with Crippen LogP contribution in [0, 0.1) is 28.6 Å². The normalized spacial score (nSPS) is 54.5. The zero-order chi connectivity index (χ0) is 27.1. The summed E-state index contributed by atoms with van der Waals surface area (Å²) < 4.78 is 17.2. The second-order valence-corrected chi connectivity index (χ2v) is 13.5. The van der Waals surface area contributed by atoms with Crippen LogP contribution < -0.4 is 0 Å². The van der Waals surface area contributed by atoms with E-state index < -0.39 is 41.2 Å². The standard InChI is InChI=1S/C29H44O9/c1-16-25(33)22(31)12-24(37-16)38-18-3-8-27(15-30)20-4-7-26(2)19(17-11-23(32)36-14-17)6-10-29(26,35)21(20)5-9-28(27,34)13-18/h11,16,18-22,24-25,30-31,33-35H,3-10,12-15H2,1-2H3/t16-,18+,19-,20+,21-,22+,24+,25+,26-,27+,28+,29+/m1/s1. The number of carbonyl (C=O) groups excluding carboxylic acids is 1. The molecule has 0 spiro atoms. The molecule has 9 nitrogen and oxygen atoms in total. The lowest BCUT2D eigenvalue weighted by Gasteiger charge is -2.66. The van der Waals surface area contributed by atoms with Crippen molar-refractivity contribution in [2.75, 3.05) is 13.2 Å². The van der Waals surface area contributed by atoms with Crippen molar-refractivity contribution in [3.8, 4) is 0 Å². The first kappa shape index (κ1) is 27.1. The zero-order valence-electron chi connectivity index (χ0n) is 22.6. The van der Waals surface area contributed by atoms with E-state index in [4.69, 9.17) is 14.2 Å². The summed E-state index contributed by atoms with van der Waals surface area (Å²) in [6.45, 7) is 4.05. The third-order valence-corrected chi connectivity index (χ3v) is 12.1. The highest BCUT2D eigenvalue weighted by Crippen LogP contribution is 2.70. The highest BCUT2D eigenvalue weighted by Gasteiger charge is 2.71. The molecular weight excluding hydrogens is 492 g/mol. The quantitative estimate of drug-likeness (QED) is 0.267. The third kappa shape index (κ3) is 3.72. The molecule has 0 radical (unpaired) electrons. The summed E-state index contributed by atoms with van der Waals surface area (Å²) in [5, 5.41) is 55.6. The highest BCUT2D eigenvalue weighted by molar-refractivity contribution is 5.85. The molecule has 0 aromatic carbocycles. The molecule has 0 bridgehead atoms. The Morgan fingerprint density at radius 3 is 2.50 bits per heavy atom. The maximum Gasteiger partial charge on any atom is 0.331 e. The first-order valence-corrected chi connectivity index (χ1v) is 14.6. The van der Waals surface area contributed by atoms with E-state index in [-0.39, 0.29) is 48.3 Å². The summed E-state index contributed by atoms with van der Waals surface area (Å²) >= 11 is 0. The van der Waals surface area contributed by atoms with Crippen LogP contribution in [0.3, 0.4) is 0 Å². The van der Waals surface area contributed by atoms with Crippen molar-refractivity contribution in [1.29, 1.82) is 0 Å². The van der Waals surface area contributed by atoms with Crippen LogP contribution in [-0.2, 0) is 19.0 Å². The van der Waals surface area contributed by atoms with Gasteiger partial charge in [-0.2, -0.15) is 0 Å². The smallest absolute Gasteiger partial charge is 0.331 e. The van der Waals surface area contributed by atoms with Crippen molar-refractivity contribution in [1.82, 2.24) is 0 Å². The molecule has 4 aliphatic carbocycles. The van der Waals surface area contributed by atoms with Gasteiger partial charge in [-0.1, -0.05) is 6.92 Å². The Kier molecular flexibility index (Phi) is 6.58. The van der Waals surface area contributed by atoms with Gasteiger partial charge in [0.15, 0.2) is 6.29 Å². The van der Waals surface area contributed by atoms with Crippen LogP contribution in [0.2, 0.25) is 0 Å². The summed E-state index contributed by atoms with van der Waals surface area (Å²) in [6, 6.07) is 0. The van der Waals surface area contributed by atoms with E-state index in [1.54, 1.807) is 13.0 Å². The summed E-state index contributed by atoms with van der Waals surface area (Å²) in [5.41, 5.74) is -2.15. The van der Waals surface area contributed by atoms with Crippen LogP contribution in [0.25, 0.3) is 0 Å². The average molecular weight is 537 g/mol. The van der Waals surface area contributed by atoms with Gasteiger partial charge in [-0.25, -0.2) is 4.79 Å². The molecule has 6 aliphatic rings. The topological polar surface area (TPSA) is 146 Å². The Balaban J connectivity index is 1.21. The maximum absolute atomic E-state index is 12.4. The predicted octanol–water partition coefficient (Wildman–Crippen LogP) is 1.57. The second-order valence-electron chi connectivity index (χ2n) is 13.5. The number of hydrogen-bond donors (Lipinski definition) is 5. The predicted molar refractivity (Wildman–Crippen MR) is 134 cm³/mol. The molecule has 5 N–H and O–H groups in total. The second kappa shape index (κ2) is 9.23. The minimum absolute atomic E-state index is 0.0117. The third-order valence-electron chi connectivity index (χ3n) is 12.1. The van der Waals surface area contributed by atoms with Gasteiger partial charge in [-0.3, -0.25) is 0 Å². The Hall–Kier alpha value is -1.07. The van der Waals surface area contributed by atoms with Gasteiger partial charge in [0.1, 0.15) is 12.7 Å². The van der Waals surface area contributed by atoms with Crippen molar-refractivity contribution in [3.05, 3.63) is 11.6 Å². The van der Waals surface area contributed by atoms with E-state index in [1.165, 1.54) is 0 Å². The number of rotatable bonds is 4. The number of esters is 1. The molecule has 2 heterocycles. The molecule has 0 aromatic heterocycles. The van der Waals surface area contributed by atoms with Crippen molar-refractivity contribution >= 4 is 5.97 Å². The monoisotopic (exact) mass is 536 g/mol. The molecule has 214 valence electrons. The number of aliphatic hydroxyl groups excluding tert-OH is 3. The van der Waals surface area contributed by atoms with Crippen LogP contribution in [-0.4, -0.2) is 86.6 Å². The summed E-state index contributed by atoms with van der Waals surface area (Å²) in [6.07, 6.45) is 4.24. The van der Waals surface area contributed by atoms with E-state index in [2.05, 4.69) is 6.92 Å². The fourth-order valence-electron chi connectivity index (χ4n) is 9.94. The van der Waals surface area contributed by atoms with Crippen LogP contribution in [0.4, 0.5) is 0 Å². The number of ether oxygens (including phenoxy) is 3. The highest BCUT2D eigenvalue weighted by atomic mass is 16.7. The zero-order valence-corrected chi connectivity index (χ0v) is 22.6. The van der Waals surface area contributed by atoms with E-state index in [0.717, 1.165) is 24.8 Å². The SMILES string of the molecule is C[C@H]1O[C@@H](O[C@H]2CC[C@]3(CO)[C@H]4CC[C@]5(C)[C@@H](C6=CC(=O)OC6)CC[C@]5(O)[C@@H]4CC[C@]3(O)C2)C[C@H](O)[C@H]1O. The first-order chi connectivity index (χ1) is 18.0. The lowest BCUT2D eigenvalue weighted by molar-refractivity contribution is -0.297. The van der Waals surface area contributed by atoms with Crippen molar-refractivity contribution in [2.45, 2.75) is 120 Å². The van der Waals surface area contributed by atoms with Gasteiger partial charge in [0, 0.05) is 29.7 Å². The Bertz CT molecular complexity index is 973. The molecule has 1 saturated heterocycles. The molecule has 4 saturated carbocycles. The average Bonchev–Trinajstić information content (AvgIpc) is 3.41. The minimum Gasteiger partial charge on any atom is -0.458 e. The summed E-state index contributed by atoms with van der Waals surface area (Å²) in [4.78, 5) is 11.8. The number of hydrogen-bond acceptors (Lipinski definition) is 9. The van der Waals surface area contributed by atoms with Gasteiger partial charge in [-0.05, 0) is 81.6 Å². The van der Waals surface area contributed by atoms with Crippen LogP contribution >= 0.6 is 0 Å². The maximum atomic E-state index is 12.4. The van der Waals surface area contributed by atoms with Crippen molar-refractivity contribution in [2.24, 2.45) is 28.6 Å². The molecule has 38 heavy (non-hydrogen) atoms. The molecule has 0 amide bonds. The molecule has 6 rings (SSSR count). The molecular formula is C29H44O9. The molecule has 9 heteroatoms. The minimum atomic E-state index is -1.12. The van der Waals surface area contributed by atoms with Gasteiger partial charge in [0.25, 0.3) is 0 Å². The van der Waals surface area contributed by atoms with E-state index in [9.17, 15) is 30.3 Å². The van der Waals surface area contributed by atoms with Gasteiger partial charge >= 0.3 is 5.97 Å². The molecule has 0 aromatic rings. The summed E-state index contributed by atoms with van der Waals surface area (Å²) in [7, 11) is 0. The van der Waals surface area contributed by atoms with Crippen molar-refractivity contribution in [3.63, 3.8) is 0 Å². The molecule has 2 aliphatic heterocycles. The van der Waals surface area contributed by atoms with Gasteiger partial charge in [0.05, 0.1) is 36.1 Å².